The number of rotatable bonds is 6. The van der Waals surface area contributed by atoms with Crippen LogP contribution in [0.4, 0.5) is 0 Å². The topological polar surface area (TPSA) is 60.9 Å². The number of hydrogen-bond donors (Lipinski definition) is 1. The van der Waals surface area contributed by atoms with Crippen LogP contribution in [0.3, 0.4) is 0 Å². The lowest BCUT2D eigenvalue weighted by Gasteiger charge is -2.67. The number of fused-ring (bicyclic) bond motifs is 7. The van der Waals surface area contributed by atoms with Crippen molar-refractivity contribution < 1.29 is 14.7 Å². The smallest absolute Gasteiger partial charge is 0.303 e. The number of carboxylic acids is 1. The summed E-state index contributed by atoms with van der Waals surface area (Å²) in [4.78, 5) is 29.8. The van der Waals surface area contributed by atoms with Crippen molar-refractivity contribution in [2.24, 2.45) is 51.8 Å². The van der Waals surface area contributed by atoms with Crippen molar-refractivity contribution in [3.63, 3.8) is 0 Å². The van der Waals surface area contributed by atoms with Gasteiger partial charge < -0.3 is 10.0 Å². The van der Waals surface area contributed by atoms with Gasteiger partial charge in [-0.2, -0.15) is 0 Å². The molecule has 9 unspecified atom stereocenters. The highest BCUT2D eigenvalue weighted by Gasteiger charge is 2.65. The molecule has 5 heteroatoms. The minimum atomic E-state index is -0.696. The van der Waals surface area contributed by atoms with Crippen LogP contribution in [0.1, 0.15) is 137 Å². The van der Waals surface area contributed by atoms with E-state index in [-0.39, 0.29) is 11.8 Å². The zero-order valence-corrected chi connectivity index (χ0v) is 28.0. The van der Waals surface area contributed by atoms with E-state index in [0.717, 1.165) is 88.0 Å². The van der Waals surface area contributed by atoms with E-state index >= 15 is 0 Å². The first-order valence-corrected chi connectivity index (χ1v) is 18.3. The highest BCUT2D eigenvalue weighted by molar-refractivity contribution is 5.84. The molecule has 240 valence electrons. The Morgan fingerprint density at radius 1 is 0.762 bits per heavy atom. The third kappa shape index (κ3) is 5.71. The third-order valence-corrected chi connectivity index (χ3v) is 14.1. The lowest BCUT2D eigenvalue weighted by atomic mass is 9.38. The molecule has 1 amide bonds. The molecule has 1 saturated heterocycles. The van der Waals surface area contributed by atoms with Crippen molar-refractivity contribution in [2.75, 3.05) is 32.7 Å². The van der Waals surface area contributed by atoms with Gasteiger partial charge in [-0.25, -0.2) is 0 Å². The summed E-state index contributed by atoms with van der Waals surface area (Å²) in [7, 11) is 0. The second-order valence-corrected chi connectivity index (χ2v) is 16.3. The molecule has 5 nitrogen and oxygen atoms in total. The maximum absolute atomic E-state index is 14.4. The molecule has 6 aliphatic rings. The summed E-state index contributed by atoms with van der Waals surface area (Å²) in [5, 5.41) is 8.90. The van der Waals surface area contributed by atoms with E-state index in [9.17, 15) is 9.59 Å². The lowest BCUT2D eigenvalue weighted by molar-refractivity contribution is -0.188. The van der Waals surface area contributed by atoms with Crippen LogP contribution in [0, 0.1) is 51.8 Å². The van der Waals surface area contributed by atoms with Gasteiger partial charge >= 0.3 is 5.97 Å². The van der Waals surface area contributed by atoms with Crippen LogP contribution in [0.2, 0.25) is 0 Å². The second-order valence-electron chi connectivity index (χ2n) is 16.3. The summed E-state index contributed by atoms with van der Waals surface area (Å²) in [6, 6.07) is 0. The number of amides is 1. The van der Waals surface area contributed by atoms with Crippen LogP contribution >= 0.6 is 0 Å². The van der Waals surface area contributed by atoms with E-state index in [2.05, 4.69) is 44.4 Å². The summed E-state index contributed by atoms with van der Waals surface area (Å²) < 4.78 is 0. The Balaban J connectivity index is 0.00000113. The number of aliphatic carboxylic acids is 1. The van der Waals surface area contributed by atoms with Gasteiger partial charge in [0.25, 0.3) is 0 Å². The molecule has 1 heterocycles. The Morgan fingerprint density at radius 3 is 2.14 bits per heavy atom. The molecule has 0 radical (unpaired) electrons. The molecule has 5 saturated carbocycles. The van der Waals surface area contributed by atoms with Gasteiger partial charge in [-0.05, 0) is 124 Å². The van der Waals surface area contributed by atoms with E-state index in [4.69, 9.17) is 5.11 Å². The number of piperazine rings is 1. The van der Waals surface area contributed by atoms with E-state index < -0.39 is 5.97 Å². The normalized spacial score (nSPS) is 43.2. The maximum atomic E-state index is 14.4. The quantitative estimate of drug-likeness (QED) is 0.319. The first-order chi connectivity index (χ1) is 20.1. The predicted molar refractivity (Wildman–Crippen MR) is 171 cm³/mol. The average Bonchev–Trinajstić information content (AvgIpc) is 3.41. The number of carboxylic acid groups (broad SMARTS) is 1. The van der Waals surface area contributed by atoms with Gasteiger partial charge in [-0.15, -0.1) is 0 Å². The number of nitrogens with zero attached hydrogens (tertiary/aromatic N) is 2. The van der Waals surface area contributed by atoms with Crippen LogP contribution in [0.15, 0.2) is 0 Å². The van der Waals surface area contributed by atoms with Crippen LogP contribution in [0.5, 0.6) is 0 Å². The van der Waals surface area contributed by atoms with Gasteiger partial charge in [0.1, 0.15) is 0 Å². The van der Waals surface area contributed by atoms with Crippen molar-refractivity contribution in [1.29, 1.82) is 0 Å². The summed E-state index contributed by atoms with van der Waals surface area (Å²) in [5.41, 5.74) is 0.951. The van der Waals surface area contributed by atoms with Crippen LogP contribution in [-0.4, -0.2) is 59.5 Å². The third-order valence-electron chi connectivity index (χ3n) is 14.1. The molecule has 0 bridgehead atoms. The average molecular weight is 585 g/mol. The Bertz CT molecular complexity index is 945. The summed E-state index contributed by atoms with van der Waals surface area (Å²) in [6.07, 6.45) is 19.3. The standard InChI is InChI=1S/C34H56N2O3.C3H8/c1-24-8-6-15-32(2)26(24)13-17-33(3)27-14-18-34(16-7-9-28(34)25(27)11-12-29(32)33)31(39)36-22-20-35(21-23-36)19-5-4-10-30(37)38;1-3-2/h24-29H,4-23H2,1-3H3,(H,37,38);3H2,1-2H3. The van der Waals surface area contributed by atoms with Gasteiger partial charge in [0.15, 0.2) is 0 Å². The molecule has 9 atom stereocenters. The van der Waals surface area contributed by atoms with Gasteiger partial charge in [0.05, 0.1) is 5.41 Å². The molecule has 6 fully saturated rings. The summed E-state index contributed by atoms with van der Waals surface area (Å²) in [6.45, 7) is 16.8. The summed E-state index contributed by atoms with van der Waals surface area (Å²) >= 11 is 0. The molecular formula is C37H64N2O3. The minimum absolute atomic E-state index is 0.0749. The maximum Gasteiger partial charge on any atom is 0.303 e. The zero-order valence-electron chi connectivity index (χ0n) is 28.0. The molecule has 0 spiro atoms. The van der Waals surface area contributed by atoms with Crippen molar-refractivity contribution in [1.82, 2.24) is 9.80 Å². The molecule has 0 aromatic rings. The predicted octanol–water partition coefficient (Wildman–Crippen LogP) is 8.27. The zero-order chi connectivity index (χ0) is 30.1. The fourth-order valence-electron chi connectivity index (χ4n) is 12.4. The molecule has 0 aromatic heterocycles. The molecule has 0 aromatic carbocycles. The van der Waals surface area contributed by atoms with Crippen LogP contribution in [-0.2, 0) is 9.59 Å². The molecule has 1 N–H and O–H groups in total. The fraction of sp³-hybridized carbons (Fsp3) is 0.946. The largest absolute Gasteiger partial charge is 0.481 e. The minimum Gasteiger partial charge on any atom is -0.481 e. The molecule has 5 aliphatic carbocycles. The van der Waals surface area contributed by atoms with Crippen molar-refractivity contribution in [3.8, 4) is 0 Å². The van der Waals surface area contributed by atoms with Crippen molar-refractivity contribution in [3.05, 3.63) is 0 Å². The van der Waals surface area contributed by atoms with Gasteiger partial charge in [-0.3, -0.25) is 14.5 Å². The van der Waals surface area contributed by atoms with E-state index in [1.807, 2.05) is 0 Å². The van der Waals surface area contributed by atoms with Crippen LogP contribution in [0.25, 0.3) is 0 Å². The highest BCUT2D eigenvalue weighted by atomic mass is 16.4. The van der Waals surface area contributed by atoms with Gasteiger partial charge in [-0.1, -0.05) is 60.3 Å². The van der Waals surface area contributed by atoms with Gasteiger partial charge in [0.2, 0.25) is 5.91 Å². The number of carbonyl (C=O) groups excluding carboxylic acids is 1. The Kier molecular flexibility index (Phi) is 10.1. The molecular weight excluding hydrogens is 520 g/mol. The summed E-state index contributed by atoms with van der Waals surface area (Å²) in [5.74, 6) is 4.76. The van der Waals surface area contributed by atoms with E-state index in [1.165, 1.54) is 70.6 Å². The van der Waals surface area contributed by atoms with E-state index in [1.54, 1.807) is 0 Å². The molecule has 42 heavy (non-hydrogen) atoms. The molecule has 6 rings (SSSR count). The number of hydrogen-bond acceptors (Lipinski definition) is 3. The van der Waals surface area contributed by atoms with E-state index in [0.29, 0.717) is 22.7 Å². The monoisotopic (exact) mass is 584 g/mol. The van der Waals surface area contributed by atoms with Crippen LogP contribution < -0.4 is 0 Å². The first-order valence-electron chi connectivity index (χ1n) is 18.3. The first kappa shape index (κ1) is 32.3. The van der Waals surface area contributed by atoms with Crippen molar-refractivity contribution >= 4 is 11.9 Å². The Hall–Kier alpha value is -1.10. The fourth-order valence-corrected chi connectivity index (χ4v) is 12.4. The Labute approximate surface area is 257 Å². The molecule has 1 aliphatic heterocycles. The van der Waals surface area contributed by atoms with Crippen molar-refractivity contribution in [2.45, 2.75) is 137 Å². The Morgan fingerprint density at radius 2 is 1.43 bits per heavy atom. The van der Waals surface area contributed by atoms with Gasteiger partial charge in [0, 0.05) is 32.6 Å². The number of unbranched alkanes of at least 4 members (excludes halogenated alkanes) is 1. The highest BCUT2D eigenvalue weighted by Crippen LogP contribution is 2.71. The number of carbonyl (C=O) groups is 2. The second kappa shape index (κ2) is 13.1. The lowest BCUT2D eigenvalue weighted by Crippen LogP contribution is -2.62. The SMILES string of the molecule is CC1CCCC2(C)C1CCC1(C)C3CCC4(C(=O)N5CCN(CCCCC(=O)O)CC5)CCCC4C3CCC21.CCC.